The number of amides is 1. The number of aryl methyl sites for hydroxylation is 1. The number of ether oxygens (including phenoxy) is 1. The molecule has 1 aliphatic rings. The summed E-state index contributed by atoms with van der Waals surface area (Å²) in [7, 11) is 1.65. The van der Waals surface area contributed by atoms with Crippen molar-refractivity contribution in [3.05, 3.63) is 30.0 Å². The molecule has 26 heavy (non-hydrogen) atoms. The zero-order valence-corrected chi connectivity index (χ0v) is 16.3. The van der Waals surface area contributed by atoms with Gasteiger partial charge in [-0.15, -0.1) is 0 Å². The number of hydrogen-bond acceptors (Lipinski definition) is 3. The summed E-state index contributed by atoms with van der Waals surface area (Å²) in [6.07, 6.45) is 4.50. The monoisotopic (exact) mass is 357 g/mol. The molecule has 0 spiro atoms. The third-order valence-electron chi connectivity index (χ3n) is 5.48. The van der Waals surface area contributed by atoms with Crippen LogP contribution in [0.1, 0.15) is 50.0 Å². The van der Waals surface area contributed by atoms with E-state index in [0.717, 1.165) is 49.8 Å². The summed E-state index contributed by atoms with van der Waals surface area (Å²) in [5, 5.41) is 4.18. The normalized spacial score (nSPS) is 17.7. The quantitative estimate of drug-likeness (QED) is 0.784. The van der Waals surface area contributed by atoms with Crippen molar-refractivity contribution in [2.24, 2.45) is 0 Å². The zero-order chi connectivity index (χ0) is 18.5. The molecular weight excluding hydrogens is 326 g/mol. The van der Waals surface area contributed by atoms with Gasteiger partial charge in [-0.1, -0.05) is 32.4 Å². The zero-order valence-electron chi connectivity index (χ0n) is 16.3. The molecule has 1 N–H and O–H groups in total. The lowest BCUT2D eigenvalue weighted by Gasteiger charge is -2.23. The molecule has 1 aliphatic heterocycles. The fourth-order valence-electron chi connectivity index (χ4n) is 4.09. The minimum absolute atomic E-state index is 0.0305. The van der Waals surface area contributed by atoms with Gasteiger partial charge in [0.1, 0.15) is 0 Å². The van der Waals surface area contributed by atoms with Crippen molar-refractivity contribution in [1.82, 2.24) is 14.8 Å². The van der Waals surface area contributed by atoms with Crippen molar-refractivity contribution >= 4 is 16.8 Å². The molecule has 3 rings (SSSR count). The Morgan fingerprint density at radius 3 is 2.85 bits per heavy atom. The van der Waals surface area contributed by atoms with E-state index in [1.54, 1.807) is 7.11 Å². The van der Waals surface area contributed by atoms with Crippen LogP contribution in [0.3, 0.4) is 0 Å². The second-order valence-electron chi connectivity index (χ2n) is 7.04. The van der Waals surface area contributed by atoms with E-state index in [9.17, 15) is 4.79 Å². The van der Waals surface area contributed by atoms with Crippen LogP contribution < -0.4 is 10.1 Å². The molecule has 2 aromatic rings. The second kappa shape index (κ2) is 8.58. The number of nitrogens with zero attached hydrogens (tertiary/aromatic N) is 2. The first-order valence-corrected chi connectivity index (χ1v) is 9.88. The molecule has 0 bridgehead atoms. The van der Waals surface area contributed by atoms with Gasteiger partial charge < -0.3 is 14.6 Å². The van der Waals surface area contributed by atoms with Crippen LogP contribution >= 0.6 is 0 Å². The van der Waals surface area contributed by atoms with Crippen LogP contribution in [-0.2, 0) is 6.54 Å². The Kier molecular flexibility index (Phi) is 6.20. The van der Waals surface area contributed by atoms with Crippen LogP contribution in [0.15, 0.2) is 24.3 Å². The summed E-state index contributed by atoms with van der Waals surface area (Å²) in [5.41, 5.74) is 1.72. The maximum absolute atomic E-state index is 13.1. The molecule has 5 nitrogen and oxygen atoms in total. The van der Waals surface area contributed by atoms with Crippen molar-refractivity contribution in [3.8, 4) is 5.75 Å². The third kappa shape index (κ3) is 3.58. The molecular formula is C21H31N3O2. The highest BCUT2D eigenvalue weighted by Gasteiger charge is 2.26. The Balaban J connectivity index is 1.88. The van der Waals surface area contributed by atoms with Crippen LogP contribution in [0.5, 0.6) is 5.75 Å². The van der Waals surface area contributed by atoms with Crippen LogP contribution in [0, 0.1) is 0 Å². The van der Waals surface area contributed by atoms with E-state index < -0.39 is 0 Å². The van der Waals surface area contributed by atoms with Gasteiger partial charge in [0.05, 0.1) is 12.6 Å². The van der Waals surface area contributed by atoms with Gasteiger partial charge in [-0.2, -0.15) is 0 Å². The predicted molar refractivity (Wildman–Crippen MR) is 106 cm³/mol. The molecule has 1 amide bonds. The number of rotatable bonds is 8. The predicted octanol–water partition coefficient (Wildman–Crippen LogP) is 3.66. The van der Waals surface area contributed by atoms with Gasteiger partial charge in [0, 0.05) is 24.5 Å². The van der Waals surface area contributed by atoms with Gasteiger partial charge in [-0.05, 0) is 44.5 Å². The van der Waals surface area contributed by atoms with Gasteiger partial charge >= 0.3 is 0 Å². The number of likely N-dealkylation sites (tertiary alicyclic amines) is 1. The van der Waals surface area contributed by atoms with Crippen LogP contribution in [0.2, 0.25) is 0 Å². The highest BCUT2D eigenvalue weighted by Crippen LogP contribution is 2.33. The molecule has 1 aromatic carbocycles. The van der Waals surface area contributed by atoms with E-state index in [4.69, 9.17) is 4.74 Å². The Labute approximate surface area is 156 Å². The van der Waals surface area contributed by atoms with Crippen molar-refractivity contribution in [1.29, 1.82) is 0 Å². The van der Waals surface area contributed by atoms with E-state index in [0.29, 0.717) is 24.0 Å². The van der Waals surface area contributed by atoms with Gasteiger partial charge in [-0.3, -0.25) is 9.69 Å². The lowest BCUT2D eigenvalue weighted by atomic mass is 10.2. The molecule has 5 heteroatoms. The number of para-hydroxylation sites is 1. The number of methoxy groups -OCH3 is 1. The standard InChI is InChI=1S/C21H31N3O2/c1-4-6-14-24-18-12-8-7-11-17(18)20(26-3)19(24)21(25)22-15-16-10-9-13-23(16)5-2/h7-8,11-12,16H,4-6,9-10,13-15H2,1-3H3,(H,22,25). The number of hydrogen-bond donors (Lipinski definition) is 1. The Morgan fingerprint density at radius 2 is 2.12 bits per heavy atom. The summed E-state index contributed by atoms with van der Waals surface area (Å²) < 4.78 is 7.79. The number of nitrogens with one attached hydrogen (secondary N) is 1. The van der Waals surface area contributed by atoms with E-state index in [1.165, 1.54) is 6.42 Å². The average Bonchev–Trinajstić information content (AvgIpc) is 3.26. The fraction of sp³-hybridized carbons (Fsp3) is 0.571. The number of unbranched alkanes of at least 4 members (excludes halogenated alkanes) is 1. The van der Waals surface area contributed by atoms with Crippen LogP contribution in [0.4, 0.5) is 0 Å². The average molecular weight is 357 g/mol. The number of carbonyl (C=O) groups is 1. The number of aromatic nitrogens is 1. The van der Waals surface area contributed by atoms with Crippen molar-refractivity contribution in [2.45, 2.75) is 52.1 Å². The summed E-state index contributed by atoms with van der Waals surface area (Å²) >= 11 is 0. The molecule has 1 atom stereocenters. The van der Waals surface area contributed by atoms with Crippen LogP contribution in [0.25, 0.3) is 10.9 Å². The van der Waals surface area contributed by atoms with Crippen LogP contribution in [-0.4, -0.2) is 48.2 Å². The van der Waals surface area contributed by atoms with E-state index >= 15 is 0 Å². The number of likely N-dealkylation sites (N-methyl/N-ethyl adjacent to an activating group) is 1. The van der Waals surface area contributed by atoms with E-state index in [1.807, 2.05) is 18.2 Å². The number of carbonyl (C=O) groups excluding carboxylic acids is 1. The molecule has 0 radical (unpaired) electrons. The maximum atomic E-state index is 13.1. The molecule has 2 heterocycles. The molecule has 1 unspecified atom stereocenters. The molecule has 0 saturated carbocycles. The van der Waals surface area contributed by atoms with E-state index in [-0.39, 0.29) is 5.91 Å². The number of benzene rings is 1. The summed E-state index contributed by atoms with van der Waals surface area (Å²) in [6.45, 7) is 8.06. The second-order valence-corrected chi connectivity index (χ2v) is 7.04. The molecule has 1 saturated heterocycles. The molecule has 1 aromatic heterocycles. The Bertz CT molecular complexity index is 753. The first-order valence-electron chi connectivity index (χ1n) is 9.88. The summed E-state index contributed by atoms with van der Waals surface area (Å²) in [4.78, 5) is 15.5. The maximum Gasteiger partial charge on any atom is 0.271 e. The van der Waals surface area contributed by atoms with Crippen molar-refractivity contribution in [2.75, 3.05) is 26.7 Å². The summed E-state index contributed by atoms with van der Waals surface area (Å²) in [5.74, 6) is 0.657. The minimum Gasteiger partial charge on any atom is -0.494 e. The van der Waals surface area contributed by atoms with Gasteiger partial charge in [0.25, 0.3) is 5.91 Å². The highest BCUT2D eigenvalue weighted by molar-refractivity contribution is 6.04. The first kappa shape index (κ1) is 18.8. The highest BCUT2D eigenvalue weighted by atomic mass is 16.5. The lowest BCUT2D eigenvalue weighted by molar-refractivity contribution is 0.0929. The fourth-order valence-corrected chi connectivity index (χ4v) is 4.09. The Morgan fingerprint density at radius 1 is 1.31 bits per heavy atom. The summed E-state index contributed by atoms with van der Waals surface area (Å²) in [6, 6.07) is 8.56. The van der Waals surface area contributed by atoms with Gasteiger partial charge in [0.2, 0.25) is 0 Å². The molecule has 142 valence electrons. The Hall–Kier alpha value is -2.01. The van der Waals surface area contributed by atoms with Crippen molar-refractivity contribution in [3.63, 3.8) is 0 Å². The van der Waals surface area contributed by atoms with Crippen molar-refractivity contribution < 1.29 is 9.53 Å². The topological polar surface area (TPSA) is 46.5 Å². The number of fused-ring (bicyclic) bond motifs is 1. The minimum atomic E-state index is -0.0305. The third-order valence-corrected chi connectivity index (χ3v) is 5.48. The largest absolute Gasteiger partial charge is 0.494 e. The van der Waals surface area contributed by atoms with E-state index in [2.05, 4.69) is 34.7 Å². The lowest BCUT2D eigenvalue weighted by Crippen LogP contribution is -2.40. The molecule has 1 fully saturated rings. The SMILES string of the molecule is CCCCn1c(C(=O)NCC2CCCN2CC)c(OC)c2ccccc21. The molecule has 0 aliphatic carbocycles. The van der Waals surface area contributed by atoms with Gasteiger partial charge in [-0.25, -0.2) is 0 Å². The first-order chi connectivity index (χ1) is 12.7. The van der Waals surface area contributed by atoms with Gasteiger partial charge in [0.15, 0.2) is 11.4 Å². The smallest absolute Gasteiger partial charge is 0.271 e.